The SMILES string of the molecule is COc1ccc(OC)c(-c2c(C=O)nc(C)n2C)c1. The summed E-state index contributed by atoms with van der Waals surface area (Å²) in [6, 6.07) is 5.46. The smallest absolute Gasteiger partial charge is 0.170 e. The molecule has 1 aromatic heterocycles. The molecule has 0 fully saturated rings. The fourth-order valence-corrected chi connectivity index (χ4v) is 2.04. The van der Waals surface area contributed by atoms with Crippen molar-refractivity contribution in [2.45, 2.75) is 6.92 Å². The van der Waals surface area contributed by atoms with Crippen molar-refractivity contribution in [1.29, 1.82) is 0 Å². The Morgan fingerprint density at radius 1 is 1.26 bits per heavy atom. The van der Waals surface area contributed by atoms with Crippen molar-refractivity contribution in [3.63, 3.8) is 0 Å². The van der Waals surface area contributed by atoms with E-state index in [2.05, 4.69) is 4.98 Å². The molecule has 5 nitrogen and oxygen atoms in total. The Morgan fingerprint density at radius 2 is 2.00 bits per heavy atom. The van der Waals surface area contributed by atoms with Crippen LogP contribution in [0.2, 0.25) is 0 Å². The van der Waals surface area contributed by atoms with Gasteiger partial charge in [-0.3, -0.25) is 4.79 Å². The summed E-state index contributed by atoms with van der Waals surface area (Å²) in [5.74, 6) is 2.14. The molecule has 0 bridgehead atoms. The van der Waals surface area contributed by atoms with Gasteiger partial charge in [-0.15, -0.1) is 0 Å². The van der Waals surface area contributed by atoms with Gasteiger partial charge >= 0.3 is 0 Å². The van der Waals surface area contributed by atoms with Gasteiger partial charge in [0, 0.05) is 12.6 Å². The Balaban J connectivity index is 2.73. The quantitative estimate of drug-likeness (QED) is 0.791. The van der Waals surface area contributed by atoms with E-state index in [1.807, 2.05) is 36.7 Å². The van der Waals surface area contributed by atoms with Crippen LogP contribution in [0.5, 0.6) is 11.5 Å². The molecule has 1 aromatic carbocycles. The number of aromatic nitrogens is 2. The molecule has 0 aliphatic rings. The van der Waals surface area contributed by atoms with Crippen molar-refractivity contribution in [3.8, 4) is 22.8 Å². The van der Waals surface area contributed by atoms with Gasteiger partial charge in [0.1, 0.15) is 23.0 Å². The number of hydrogen-bond acceptors (Lipinski definition) is 4. The molecule has 0 aliphatic heterocycles. The molecule has 0 atom stereocenters. The first kappa shape index (κ1) is 13.1. The Hall–Kier alpha value is -2.30. The standard InChI is InChI=1S/C14H16N2O3/c1-9-15-12(8-17)14(16(9)2)11-7-10(18-3)5-6-13(11)19-4/h5-8H,1-4H3. The van der Waals surface area contributed by atoms with Gasteiger partial charge in [-0.2, -0.15) is 0 Å². The zero-order valence-electron chi connectivity index (χ0n) is 11.4. The fourth-order valence-electron chi connectivity index (χ4n) is 2.04. The van der Waals surface area contributed by atoms with Crippen LogP contribution in [0.1, 0.15) is 16.3 Å². The molecule has 0 N–H and O–H groups in total. The van der Waals surface area contributed by atoms with Gasteiger partial charge in [0.2, 0.25) is 0 Å². The van der Waals surface area contributed by atoms with Crippen LogP contribution in [-0.2, 0) is 7.05 Å². The second-order valence-electron chi connectivity index (χ2n) is 4.14. The van der Waals surface area contributed by atoms with Crippen LogP contribution in [-0.4, -0.2) is 30.1 Å². The van der Waals surface area contributed by atoms with Gasteiger partial charge < -0.3 is 14.0 Å². The van der Waals surface area contributed by atoms with Crippen LogP contribution in [0, 0.1) is 6.92 Å². The summed E-state index contributed by atoms with van der Waals surface area (Å²) in [5.41, 5.74) is 1.90. The molecule has 2 aromatic rings. The monoisotopic (exact) mass is 260 g/mol. The lowest BCUT2D eigenvalue weighted by Gasteiger charge is -2.12. The number of imidazole rings is 1. The summed E-state index contributed by atoms with van der Waals surface area (Å²) < 4.78 is 12.4. The molecule has 0 saturated carbocycles. The van der Waals surface area contributed by atoms with Crippen molar-refractivity contribution in [2.24, 2.45) is 7.05 Å². The highest BCUT2D eigenvalue weighted by molar-refractivity contribution is 5.86. The normalized spacial score (nSPS) is 10.3. The zero-order valence-corrected chi connectivity index (χ0v) is 11.4. The predicted octanol–water partition coefficient (Wildman–Crippen LogP) is 2.23. The lowest BCUT2D eigenvalue weighted by atomic mass is 10.1. The summed E-state index contributed by atoms with van der Waals surface area (Å²) in [6.45, 7) is 1.85. The van der Waals surface area contributed by atoms with Gasteiger partial charge in [0.15, 0.2) is 6.29 Å². The molecule has 0 spiro atoms. The van der Waals surface area contributed by atoms with Crippen molar-refractivity contribution in [2.75, 3.05) is 14.2 Å². The molecule has 19 heavy (non-hydrogen) atoms. The van der Waals surface area contributed by atoms with Gasteiger partial charge in [-0.05, 0) is 25.1 Å². The van der Waals surface area contributed by atoms with Crippen molar-refractivity contribution >= 4 is 6.29 Å². The highest BCUT2D eigenvalue weighted by Crippen LogP contribution is 2.35. The van der Waals surface area contributed by atoms with Crippen LogP contribution in [0.15, 0.2) is 18.2 Å². The number of carbonyl (C=O) groups is 1. The van der Waals surface area contributed by atoms with Crippen LogP contribution in [0.3, 0.4) is 0 Å². The Bertz CT molecular complexity index is 617. The van der Waals surface area contributed by atoms with Crippen LogP contribution in [0.4, 0.5) is 0 Å². The first-order valence-corrected chi connectivity index (χ1v) is 5.83. The number of carbonyl (C=O) groups excluding carboxylic acids is 1. The van der Waals surface area contributed by atoms with E-state index in [9.17, 15) is 4.79 Å². The maximum atomic E-state index is 11.2. The molecule has 100 valence electrons. The van der Waals surface area contributed by atoms with Gasteiger partial charge in [-0.25, -0.2) is 4.98 Å². The summed E-state index contributed by atoms with van der Waals surface area (Å²) >= 11 is 0. The maximum absolute atomic E-state index is 11.2. The zero-order chi connectivity index (χ0) is 14.0. The first-order valence-electron chi connectivity index (χ1n) is 5.83. The minimum Gasteiger partial charge on any atom is -0.497 e. The highest BCUT2D eigenvalue weighted by atomic mass is 16.5. The number of hydrogen-bond donors (Lipinski definition) is 0. The topological polar surface area (TPSA) is 53.4 Å². The van der Waals surface area contributed by atoms with Gasteiger partial charge in [0.05, 0.1) is 19.9 Å². The molecular weight excluding hydrogens is 244 g/mol. The molecule has 0 aliphatic carbocycles. The van der Waals surface area contributed by atoms with Crippen molar-refractivity contribution in [3.05, 3.63) is 29.7 Å². The minimum atomic E-state index is 0.395. The minimum absolute atomic E-state index is 0.395. The van der Waals surface area contributed by atoms with Crippen LogP contribution in [0.25, 0.3) is 11.3 Å². The van der Waals surface area contributed by atoms with E-state index in [0.717, 1.165) is 23.4 Å². The summed E-state index contributed by atoms with van der Waals surface area (Å²) in [7, 11) is 5.05. The number of nitrogens with zero attached hydrogens (tertiary/aromatic N) is 2. The van der Waals surface area contributed by atoms with Crippen molar-refractivity contribution in [1.82, 2.24) is 9.55 Å². The van der Waals surface area contributed by atoms with Gasteiger partial charge in [-0.1, -0.05) is 0 Å². The third-order valence-corrected chi connectivity index (χ3v) is 3.12. The molecule has 2 rings (SSSR count). The summed E-state index contributed by atoms with van der Waals surface area (Å²) in [5, 5.41) is 0. The molecular formula is C14H16N2O3. The second kappa shape index (κ2) is 5.14. The Labute approximate surface area is 111 Å². The highest BCUT2D eigenvalue weighted by Gasteiger charge is 2.18. The Morgan fingerprint density at radius 3 is 2.58 bits per heavy atom. The van der Waals surface area contributed by atoms with Crippen LogP contribution >= 0.6 is 0 Å². The van der Waals surface area contributed by atoms with E-state index in [1.165, 1.54) is 0 Å². The summed E-state index contributed by atoms with van der Waals surface area (Å²) in [4.78, 5) is 15.4. The van der Waals surface area contributed by atoms with E-state index >= 15 is 0 Å². The largest absolute Gasteiger partial charge is 0.497 e. The van der Waals surface area contributed by atoms with Gasteiger partial charge in [0.25, 0.3) is 0 Å². The average molecular weight is 260 g/mol. The van der Waals surface area contributed by atoms with E-state index in [4.69, 9.17) is 9.47 Å². The first-order chi connectivity index (χ1) is 9.12. The van der Waals surface area contributed by atoms with Crippen molar-refractivity contribution < 1.29 is 14.3 Å². The molecule has 0 radical (unpaired) electrons. The maximum Gasteiger partial charge on any atom is 0.170 e. The lowest BCUT2D eigenvalue weighted by molar-refractivity contribution is 0.112. The number of aldehydes is 1. The molecule has 5 heteroatoms. The predicted molar refractivity (Wildman–Crippen MR) is 71.9 cm³/mol. The molecule has 0 unspecified atom stereocenters. The number of rotatable bonds is 4. The van der Waals surface area contributed by atoms with E-state index in [-0.39, 0.29) is 0 Å². The number of aryl methyl sites for hydroxylation is 1. The van der Waals surface area contributed by atoms with E-state index in [0.29, 0.717) is 17.2 Å². The number of methoxy groups -OCH3 is 2. The third kappa shape index (κ3) is 2.19. The molecule has 0 amide bonds. The lowest BCUT2D eigenvalue weighted by Crippen LogP contribution is -1.98. The second-order valence-corrected chi connectivity index (χ2v) is 4.14. The third-order valence-electron chi connectivity index (χ3n) is 3.12. The van der Waals surface area contributed by atoms with E-state index < -0.39 is 0 Å². The fraction of sp³-hybridized carbons (Fsp3) is 0.286. The Kier molecular flexibility index (Phi) is 3.55. The average Bonchev–Trinajstić information content (AvgIpc) is 2.73. The number of ether oxygens (including phenoxy) is 2. The van der Waals surface area contributed by atoms with E-state index in [1.54, 1.807) is 14.2 Å². The number of benzene rings is 1. The van der Waals surface area contributed by atoms with Crippen LogP contribution < -0.4 is 9.47 Å². The molecule has 1 heterocycles. The summed E-state index contributed by atoms with van der Waals surface area (Å²) in [6.07, 6.45) is 0.751. The molecule has 0 saturated heterocycles.